The summed E-state index contributed by atoms with van der Waals surface area (Å²) in [5, 5.41) is 10.6. The normalized spacial score (nSPS) is 26.6. The van der Waals surface area contributed by atoms with Gasteiger partial charge in [0.05, 0.1) is 0 Å². The van der Waals surface area contributed by atoms with Gasteiger partial charge in [0, 0.05) is 55.9 Å². The number of hydrogen-bond acceptors (Lipinski definition) is 5. The first-order valence-electron chi connectivity index (χ1n) is 14.9. The summed E-state index contributed by atoms with van der Waals surface area (Å²) in [4.78, 5) is 18.6. The summed E-state index contributed by atoms with van der Waals surface area (Å²) in [6, 6.07) is 13.6. The lowest BCUT2D eigenvalue weighted by atomic mass is 9.80. The number of benzene rings is 2. The molecule has 212 valence electrons. The summed E-state index contributed by atoms with van der Waals surface area (Å²) in [6.07, 6.45) is 4.58. The van der Waals surface area contributed by atoms with Crippen LogP contribution in [0.1, 0.15) is 42.9 Å². The predicted octanol–water partition coefficient (Wildman–Crippen LogP) is 3.84. The van der Waals surface area contributed by atoms with Gasteiger partial charge < -0.3 is 25.8 Å². The van der Waals surface area contributed by atoms with Gasteiger partial charge in [-0.2, -0.15) is 0 Å². The minimum absolute atomic E-state index is 0.0164. The molecule has 5 atom stereocenters. The third-order valence-electron chi connectivity index (χ3n) is 9.27. The molecule has 3 N–H and O–H groups in total. The Labute approximate surface area is 233 Å². The summed E-state index contributed by atoms with van der Waals surface area (Å²) >= 11 is 0. The number of piperazine rings is 1. The van der Waals surface area contributed by atoms with Gasteiger partial charge in [0.25, 0.3) is 0 Å². The zero-order valence-electron chi connectivity index (χ0n) is 23.9. The monoisotopic (exact) mass is 535 g/mol. The molecule has 3 aliphatic rings. The Bertz CT molecular complexity index is 1070. The molecule has 3 aliphatic heterocycles. The molecule has 6 nitrogen and oxygen atoms in total. The van der Waals surface area contributed by atoms with Crippen LogP contribution in [0.5, 0.6) is 0 Å². The summed E-state index contributed by atoms with van der Waals surface area (Å²) in [5.74, 6) is 0.863. The molecule has 0 bridgehead atoms. The molecular weight excluding hydrogens is 489 g/mol. The Morgan fingerprint density at radius 2 is 1.90 bits per heavy atom. The first-order valence-corrected chi connectivity index (χ1v) is 14.9. The second-order valence-electron chi connectivity index (χ2n) is 12.2. The lowest BCUT2D eigenvalue weighted by Crippen LogP contribution is -2.58. The van der Waals surface area contributed by atoms with E-state index in [0.717, 1.165) is 43.7 Å². The number of halogens is 1. The number of fused-ring (bicyclic) bond motifs is 1. The van der Waals surface area contributed by atoms with Crippen LogP contribution in [0.3, 0.4) is 0 Å². The number of piperidine rings is 1. The van der Waals surface area contributed by atoms with Crippen molar-refractivity contribution in [2.45, 2.75) is 64.1 Å². The maximum atomic E-state index is 14.5. The maximum Gasteiger partial charge on any atom is 0.243 e. The topological polar surface area (TPSA) is 59.6 Å². The molecule has 0 aromatic heterocycles. The van der Waals surface area contributed by atoms with E-state index in [-0.39, 0.29) is 23.8 Å². The number of nitrogens with one attached hydrogen (secondary N) is 3. The molecule has 2 saturated heterocycles. The molecule has 2 aromatic rings. The van der Waals surface area contributed by atoms with Crippen LogP contribution >= 0.6 is 0 Å². The number of hydrogen-bond donors (Lipinski definition) is 3. The van der Waals surface area contributed by atoms with E-state index in [0.29, 0.717) is 23.8 Å². The smallest absolute Gasteiger partial charge is 0.243 e. The molecule has 5 unspecified atom stereocenters. The van der Waals surface area contributed by atoms with Crippen LogP contribution in [0.4, 0.5) is 10.1 Å². The SMILES string of the molecule is Cc1ccc(F)c2c1NC(C(=O)NC(CCc1ccccc1)C1NCC(CCN3CCN(C)CC3)CC1C)C2. The van der Waals surface area contributed by atoms with E-state index in [2.05, 4.69) is 64.0 Å². The number of likely N-dealkylation sites (N-methyl/N-ethyl adjacent to an activating group) is 1. The Kier molecular flexibility index (Phi) is 9.21. The van der Waals surface area contributed by atoms with Crippen LogP contribution < -0.4 is 16.0 Å². The third-order valence-corrected chi connectivity index (χ3v) is 9.27. The molecule has 7 heteroatoms. The predicted molar refractivity (Wildman–Crippen MR) is 157 cm³/mol. The highest BCUT2D eigenvalue weighted by molar-refractivity contribution is 5.88. The Morgan fingerprint density at radius 1 is 1.13 bits per heavy atom. The van der Waals surface area contributed by atoms with Crippen LogP contribution in [0.2, 0.25) is 0 Å². The Balaban J connectivity index is 1.20. The molecular formula is C32H46FN5O. The van der Waals surface area contributed by atoms with E-state index in [1.54, 1.807) is 6.07 Å². The number of amides is 1. The van der Waals surface area contributed by atoms with Gasteiger partial charge in [-0.1, -0.05) is 43.3 Å². The van der Waals surface area contributed by atoms with Crippen LogP contribution in [-0.4, -0.2) is 80.1 Å². The van der Waals surface area contributed by atoms with Crippen LogP contribution in [0.15, 0.2) is 42.5 Å². The molecule has 5 rings (SSSR count). The van der Waals surface area contributed by atoms with Gasteiger partial charge in [-0.05, 0) is 81.8 Å². The molecule has 39 heavy (non-hydrogen) atoms. The van der Waals surface area contributed by atoms with Gasteiger partial charge in [0.1, 0.15) is 11.9 Å². The van der Waals surface area contributed by atoms with Crippen molar-refractivity contribution in [3.63, 3.8) is 0 Å². The molecule has 2 aromatic carbocycles. The van der Waals surface area contributed by atoms with Crippen LogP contribution in [0, 0.1) is 24.6 Å². The molecule has 2 fully saturated rings. The zero-order valence-corrected chi connectivity index (χ0v) is 23.9. The van der Waals surface area contributed by atoms with E-state index in [1.807, 2.05) is 13.0 Å². The maximum absolute atomic E-state index is 14.5. The summed E-state index contributed by atoms with van der Waals surface area (Å²) < 4.78 is 14.5. The van der Waals surface area contributed by atoms with Crippen LogP contribution in [0.25, 0.3) is 0 Å². The second kappa shape index (κ2) is 12.8. The number of carbonyl (C=O) groups excluding carboxylic acids is 1. The average molecular weight is 536 g/mol. The number of rotatable bonds is 9. The van der Waals surface area contributed by atoms with E-state index in [1.165, 1.54) is 44.1 Å². The fourth-order valence-corrected chi connectivity index (χ4v) is 6.77. The van der Waals surface area contributed by atoms with E-state index in [4.69, 9.17) is 0 Å². The minimum Gasteiger partial charge on any atom is -0.373 e. The molecule has 0 spiro atoms. The highest BCUT2D eigenvalue weighted by atomic mass is 19.1. The summed E-state index contributed by atoms with van der Waals surface area (Å²) in [7, 11) is 2.21. The van der Waals surface area contributed by atoms with E-state index >= 15 is 0 Å². The first-order chi connectivity index (χ1) is 18.9. The minimum atomic E-state index is -0.440. The van der Waals surface area contributed by atoms with Gasteiger partial charge in [-0.15, -0.1) is 0 Å². The highest BCUT2D eigenvalue weighted by Gasteiger charge is 2.36. The standard InChI is InChI=1S/C32H46FN5O/c1-22-9-11-27(33)26-20-29(35-30(22)26)32(39)36-28(12-10-24-7-5-4-6-8-24)31-23(2)19-25(21-34-31)13-14-38-17-15-37(3)16-18-38/h4-9,11,23,25,28-29,31,34-35H,10,12-21H2,1-3H3,(H,36,39). The molecule has 3 heterocycles. The second-order valence-corrected chi connectivity index (χ2v) is 12.2. The summed E-state index contributed by atoms with van der Waals surface area (Å²) in [5.41, 5.74) is 3.67. The third kappa shape index (κ3) is 7.00. The van der Waals surface area contributed by atoms with Crippen LogP contribution in [-0.2, 0) is 17.6 Å². The molecule has 0 saturated carbocycles. The first kappa shape index (κ1) is 28.1. The van der Waals surface area contributed by atoms with Gasteiger partial charge in [0.15, 0.2) is 0 Å². The lowest BCUT2D eigenvalue weighted by Gasteiger charge is -2.41. The number of carbonyl (C=O) groups is 1. The Hall–Kier alpha value is -2.48. The largest absolute Gasteiger partial charge is 0.373 e. The van der Waals surface area contributed by atoms with Crippen molar-refractivity contribution in [2.24, 2.45) is 11.8 Å². The van der Waals surface area contributed by atoms with Crippen molar-refractivity contribution in [3.05, 3.63) is 65.0 Å². The van der Waals surface area contributed by atoms with Gasteiger partial charge in [0.2, 0.25) is 5.91 Å². The van der Waals surface area contributed by atoms with Crippen molar-refractivity contribution in [1.82, 2.24) is 20.4 Å². The quantitative estimate of drug-likeness (QED) is 0.456. The van der Waals surface area contributed by atoms with Crippen molar-refractivity contribution >= 4 is 11.6 Å². The Morgan fingerprint density at radius 3 is 2.62 bits per heavy atom. The average Bonchev–Trinajstić information content (AvgIpc) is 3.41. The highest BCUT2D eigenvalue weighted by Crippen LogP contribution is 2.32. The molecule has 0 aliphatic carbocycles. The number of anilines is 1. The van der Waals surface area contributed by atoms with Gasteiger partial charge in [-0.3, -0.25) is 4.79 Å². The number of nitrogens with zero attached hydrogens (tertiary/aromatic N) is 2. The van der Waals surface area contributed by atoms with Gasteiger partial charge in [-0.25, -0.2) is 4.39 Å². The number of aryl methyl sites for hydroxylation is 2. The molecule has 0 radical (unpaired) electrons. The van der Waals surface area contributed by atoms with Crippen molar-refractivity contribution < 1.29 is 9.18 Å². The van der Waals surface area contributed by atoms with Crippen molar-refractivity contribution in [2.75, 3.05) is 51.6 Å². The van der Waals surface area contributed by atoms with E-state index < -0.39 is 6.04 Å². The summed E-state index contributed by atoms with van der Waals surface area (Å²) in [6.45, 7) is 11.1. The zero-order chi connectivity index (χ0) is 27.4. The fraction of sp³-hybridized carbons (Fsp3) is 0.594. The van der Waals surface area contributed by atoms with Crippen molar-refractivity contribution in [1.29, 1.82) is 0 Å². The van der Waals surface area contributed by atoms with Gasteiger partial charge >= 0.3 is 0 Å². The fourth-order valence-electron chi connectivity index (χ4n) is 6.77. The lowest BCUT2D eigenvalue weighted by molar-refractivity contribution is -0.122. The van der Waals surface area contributed by atoms with Crippen molar-refractivity contribution in [3.8, 4) is 0 Å². The van der Waals surface area contributed by atoms with E-state index in [9.17, 15) is 9.18 Å². The molecule has 1 amide bonds.